The molecule has 0 unspecified atom stereocenters. The lowest BCUT2D eigenvalue weighted by Crippen LogP contribution is -2.30. The van der Waals surface area contributed by atoms with E-state index < -0.39 is 0 Å². The van der Waals surface area contributed by atoms with Crippen LogP contribution in [0, 0.1) is 5.92 Å². The van der Waals surface area contributed by atoms with Gasteiger partial charge in [-0.15, -0.1) is 0 Å². The van der Waals surface area contributed by atoms with Crippen molar-refractivity contribution in [2.45, 2.75) is 78.7 Å². The van der Waals surface area contributed by atoms with Crippen LogP contribution in [-0.4, -0.2) is 33.4 Å². The maximum Gasteiger partial charge on any atom is 0.254 e. The number of hydrogen-bond donors (Lipinski definition) is 0. The van der Waals surface area contributed by atoms with Crippen molar-refractivity contribution in [2.24, 2.45) is 5.92 Å². The van der Waals surface area contributed by atoms with E-state index in [1.807, 2.05) is 43.0 Å². The van der Waals surface area contributed by atoms with Crippen LogP contribution in [0.5, 0.6) is 0 Å². The first-order valence-electron chi connectivity index (χ1n) is 11.3. The van der Waals surface area contributed by atoms with Crippen molar-refractivity contribution in [2.75, 3.05) is 13.1 Å². The molecule has 2 aromatic rings. The SMILES string of the molecule is CCN(CC)C(=O)c1ccccc1-c1cn(CC2CCCCC2)c(C(C)(C)C)n1. The number of imidazole rings is 1. The Hall–Kier alpha value is -2.10. The molecule has 0 bridgehead atoms. The smallest absolute Gasteiger partial charge is 0.254 e. The van der Waals surface area contributed by atoms with Crippen LogP contribution in [0.2, 0.25) is 0 Å². The van der Waals surface area contributed by atoms with Crippen molar-refractivity contribution in [3.8, 4) is 11.3 Å². The van der Waals surface area contributed by atoms with Crippen molar-refractivity contribution in [1.29, 1.82) is 0 Å². The van der Waals surface area contributed by atoms with E-state index in [4.69, 9.17) is 4.98 Å². The highest BCUT2D eigenvalue weighted by Gasteiger charge is 2.26. The minimum atomic E-state index is -0.0370. The summed E-state index contributed by atoms with van der Waals surface area (Å²) in [6.07, 6.45) is 8.88. The second-order valence-electron chi connectivity index (χ2n) is 9.38. The Morgan fingerprint density at radius 2 is 1.76 bits per heavy atom. The molecule has 1 amide bonds. The lowest BCUT2D eigenvalue weighted by molar-refractivity contribution is 0.0773. The predicted octanol–water partition coefficient (Wildman–Crippen LogP) is 5.91. The van der Waals surface area contributed by atoms with Gasteiger partial charge in [-0.2, -0.15) is 0 Å². The summed E-state index contributed by atoms with van der Waals surface area (Å²) in [4.78, 5) is 20.0. The minimum absolute atomic E-state index is 0.0370. The highest BCUT2D eigenvalue weighted by Crippen LogP contribution is 2.32. The molecule has 1 aromatic heterocycles. The van der Waals surface area contributed by atoms with E-state index in [9.17, 15) is 4.79 Å². The van der Waals surface area contributed by atoms with Crippen LogP contribution in [0.25, 0.3) is 11.3 Å². The van der Waals surface area contributed by atoms with E-state index in [1.54, 1.807) is 0 Å². The lowest BCUT2D eigenvalue weighted by atomic mass is 9.88. The van der Waals surface area contributed by atoms with Crippen LogP contribution in [0.1, 0.15) is 82.9 Å². The Morgan fingerprint density at radius 3 is 2.38 bits per heavy atom. The zero-order valence-electron chi connectivity index (χ0n) is 18.9. The van der Waals surface area contributed by atoms with Gasteiger partial charge in [0.2, 0.25) is 0 Å². The average molecular weight is 396 g/mol. The van der Waals surface area contributed by atoms with Crippen molar-refractivity contribution in [3.63, 3.8) is 0 Å². The second kappa shape index (κ2) is 9.15. The molecular weight excluding hydrogens is 358 g/mol. The van der Waals surface area contributed by atoms with Gasteiger partial charge in [0.25, 0.3) is 5.91 Å². The van der Waals surface area contributed by atoms with Crippen molar-refractivity contribution in [1.82, 2.24) is 14.5 Å². The lowest BCUT2D eigenvalue weighted by Gasteiger charge is -2.25. The fourth-order valence-electron chi connectivity index (χ4n) is 4.51. The van der Waals surface area contributed by atoms with Gasteiger partial charge in [0.05, 0.1) is 5.69 Å². The molecule has 1 saturated carbocycles. The van der Waals surface area contributed by atoms with E-state index in [0.717, 1.165) is 35.1 Å². The molecule has 0 aliphatic heterocycles. The maximum atomic E-state index is 13.1. The summed E-state index contributed by atoms with van der Waals surface area (Å²) in [5, 5.41) is 0. The number of carbonyl (C=O) groups is 1. The van der Waals surface area contributed by atoms with Crippen LogP contribution < -0.4 is 0 Å². The number of carbonyl (C=O) groups excluding carboxylic acids is 1. The van der Waals surface area contributed by atoms with E-state index in [-0.39, 0.29) is 11.3 Å². The number of rotatable bonds is 6. The first-order chi connectivity index (χ1) is 13.8. The molecule has 0 N–H and O–H groups in total. The molecule has 4 nitrogen and oxygen atoms in total. The Labute approximate surface area is 176 Å². The molecule has 0 radical (unpaired) electrons. The van der Waals surface area contributed by atoms with Gasteiger partial charge in [0.15, 0.2) is 0 Å². The van der Waals surface area contributed by atoms with E-state index in [2.05, 4.69) is 31.5 Å². The van der Waals surface area contributed by atoms with Crippen LogP contribution in [-0.2, 0) is 12.0 Å². The van der Waals surface area contributed by atoms with Crippen molar-refractivity contribution >= 4 is 5.91 Å². The number of nitrogens with zero attached hydrogens (tertiary/aromatic N) is 3. The van der Waals surface area contributed by atoms with Gasteiger partial charge in [0, 0.05) is 42.4 Å². The third-order valence-electron chi connectivity index (χ3n) is 6.11. The average Bonchev–Trinajstić information content (AvgIpc) is 3.14. The quantitative estimate of drug-likeness (QED) is 0.610. The maximum absolute atomic E-state index is 13.1. The molecule has 1 aromatic carbocycles. The van der Waals surface area contributed by atoms with Gasteiger partial charge in [-0.05, 0) is 38.7 Å². The summed E-state index contributed by atoms with van der Waals surface area (Å²) in [5.74, 6) is 1.94. The Morgan fingerprint density at radius 1 is 1.10 bits per heavy atom. The van der Waals surface area contributed by atoms with E-state index in [1.165, 1.54) is 32.1 Å². The minimum Gasteiger partial charge on any atom is -0.339 e. The molecule has 0 saturated heterocycles. The summed E-state index contributed by atoms with van der Waals surface area (Å²) >= 11 is 0. The fourth-order valence-corrected chi connectivity index (χ4v) is 4.51. The first kappa shape index (κ1) is 21.6. The van der Waals surface area contributed by atoms with Gasteiger partial charge in [-0.25, -0.2) is 4.98 Å². The molecule has 29 heavy (non-hydrogen) atoms. The zero-order chi connectivity index (χ0) is 21.0. The Balaban J connectivity index is 2.00. The number of amides is 1. The van der Waals surface area contributed by atoms with Crippen LogP contribution in [0.4, 0.5) is 0 Å². The van der Waals surface area contributed by atoms with Gasteiger partial charge in [-0.3, -0.25) is 4.79 Å². The predicted molar refractivity (Wildman–Crippen MR) is 120 cm³/mol. The fraction of sp³-hybridized carbons (Fsp3) is 0.600. The van der Waals surface area contributed by atoms with Gasteiger partial charge < -0.3 is 9.47 Å². The Kier molecular flexibility index (Phi) is 6.81. The van der Waals surface area contributed by atoms with E-state index in [0.29, 0.717) is 13.1 Å². The summed E-state index contributed by atoms with van der Waals surface area (Å²) in [6, 6.07) is 7.93. The number of benzene rings is 1. The topological polar surface area (TPSA) is 38.1 Å². The standard InChI is InChI=1S/C25H37N3O/c1-6-27(7-2)23(29)21-16-12-11-15-20(21)22-18-28(24(26-22)25(3,4)5)17-19-13-9-8-10-14-19/h11-12,15-16,18-19H,6-10,13-14,17H2,1-5H3. The molecule has 3 rings (SSSR count). The van der Waals surface area contributed by atoms with E-state index >= 15 is 0 Å². The number of aromatic nitrogens is 2. The summed E-state index contributed by atoms with van der Waals surface area (Å²) in [5.41, 5.74) is 2.57. The molecule has 0 spiro atoms. The van der Waals surface area contributed by atoms with Crippen LogP contribution in [0.3, 0.4) is 0 Å². The summed E-state index contributed by atoms with van der Waals surface area (Å²) in [7, 11) is 0. The molecule has 4 heteroatoms. The molecule has 1 aliphatic rings. The Bertz CT molecular complexity index is 821. The molecule has 158 valence electrons. The monoisotopic (exact) mass is 395 g/mol. The van der Waals surface area contributed by atoms with Gasteiger partial charge in [-0.1, -0.05) is 58.2 Å². The summed E-state index contributed by atoms with van der Waals surface area (Å²) < 4.78 is 2.37. The molecular formula is C25H37N3O. The molecule has 1 heterocycles. The molecule has 1 fully saturated rings. The second-order valence-corrected chi connectivity index (χ2v) is 9.38. The number of hydrogen-bond acceptors (Lipinski definition) is 2. The summed E-state index contributed by atoms with van der Waals surface area (Å²) in [6.45, 7) is 13.2. The highest BCUT2D eigenvalue weighted by atomic mass is 16.2. The van der Waals surface area contributed by atoms with Crippen molar-refractivity contribution < 1.29 is 4.79 Å². The van der Waals surface area contributed by atoms with Crippen LogP contribution >= 0.6 is 0 Å². The molecule has 0 atom stereocenters. The largest absolute Gasteiger partial charge is 0.339 e. The van der Waals surface area contributed by atoms with Crippen LogP contribution in [0.15, 0.2) is 30.5 Å². The van der Waals surface area contributed by atoms with Gasteiger partial charge >= 0.3 is 0 Å². The molecule has 1 aliphatic carbocycles. The van der Waals surface area contributed by atoms with Crippen molar-refractivity contribution in [3.05, 3.63) is 41.9 Å². The zero-order valence-corrected chi connectivity index (χ0v) is 18.9. The third-order valence-corrected chi connectivity index (χ3v) is 6.11. The first-order valence-corrected chi connectivity index (χ1v) is 11.3. The normalized spacial score (nSPS) is 15.5. The van der Waals surface area contributed by atoms with Gasteiger partial charge in [0.1, 0.15) is 5.82 Å². The highest BCUT2D eigenvalue weighted by molar-refractivity contribution is 6.00. The third kappa shape index (κ3) is 4.91.